The number of aromatic carboxylic acids is 1. The van der Waals surface area contributed by atoms with Crippen molar-refractivity contribution in [3.63, 3.8) is 0 Å². The number of hydrogen-bond donors (Lipinski definition) is 1. The van der Waals surface area contributed by atoms with Crippen LogP contribution in [0.25, 0.3) is 0 Å². The lowest BCUT2D eigenvalue weighted by atomic mass is 10.3. The zero-order chi connectivity index (χ0) is 15.5. The number of carboxylic acids is 1. The van der Waals surface area contributed by atoms with Crippen LogP contribution in [0.15, 0.2) is 40.1 Å². The smallest absolute Gasteiger partial charge is 0.336 e. The van der Waals surface area contributed by atoms with Crippen LogP contribution in [0.3, 0.4) is 0 Å². The third kappa shape index (κ3) is 3.66. The molecule has 0 radical (unpaired) electrons. The Hall–Kier alpha value is -1.77. The maximum Gasteiger partial charge on any atom is 0.336 e. The van der Waals surface area contributed by atoms with Crippen molar-refractivity contribution in [1.82, 2.24) is 9.29 Å². The van der Waals surface area contributed by atoms with Crippen molar-refractivity contribution in [3.05, 3.63) is 47.1 Å². The molecule has 1 N–H and O–H groups in total. The molecule has 0 fully saturated rings. The maximum absolute atomic E-state index is 12.3. The van der Waals surface area contributed by atoms with Crippen LogP contribution in [0.4, 0.5) is 0 Å². The van der Waals surface area contributed by atoms with E-state index >= 15 is 0 Å². The molecule has 0 spiro atoms. The monoisotopic (exact) mass is 326 g/mol. The molecular weight excluding hydrogens is 312 g/mol. The Kier molecular flexibility index (Phi) is 4.71. The van der Waals surface area contributed by atoms with E-state index in [0.717, 1.165) is 17.0 Å². The fourth-order valence-corrected chi connectivity index (χ4v) is 4.19. The van der Waals surface area contributed by atoms with E-state index in [4.69, 9.17) is 5.11 Å². The van der Waals surface area contributed by atoms with Gasteiger partial charge in [0.25, 0.3) is 10.0 Å². The van der Waals surface area contributed by atoms with Gasteiger partial charge >= 0.3 is 5.97 Å². The summed E-state index contributed by atoms with van der Waals surface area (Å²) in [5.41, 5.74) is 0.786. The van der Waals surface area contributed by atoms with Crippen molar-refractivity contribution in [1.29, 1.82) is 0 Å². The number of carboxylic acid groups (broad SMARTS) is 1. The third-order valence-corrected chi connectivity index (χ3v) is 6.17. The first-order chi connectivity index (χ1) is 9.91. The molecule has 2 heterocycles. The summed E-state index contributed by atoms with van der Waals surface area (Å²) in [5, 5.41) is 10.2. The highest BCUT2D eigenvalue weighted by Gasteiger charge is 2.23. The minimum absolute atomic E-state index is 0.0169. The highest BCUT2D eigenvalue weighted by atomic mass is 32.2. The summed E-state index contributed by atoms with van der Waals surface area (Å²) in [6.07, 6.45) is 2.15. The van der Waals surface area contributed by atoms with Crippen molar-refractivity contribution in [2.24, 2.45) is 0 Å². The molecule has 0 atom stereocenters. The molecular formula is C13H14N2O4S2. The van der Waals surface area contributed by atoms with Crippen LogP contribution in [0, 0.1) is 0 Å². The van der Waals surface area contributed by atoms with Gasteiger partial charge in [-0.1, -0.05) is 6.07 Å². The lowest BCUT2D eigenvalue weighted by Crippen LogP contribution is -2.28. The van der Waals surface area contributed by atoms with Crippen LogP contribution < -0.4 is 0 Å². The molecule has 8 heteroatoms. The van der Waals surface area contributed by atoms with Gasteiger partial charge in [0.2, 0.25) is 0 Å². The van der Waals surface area contributed by atoms with E-state index in [2.05, 4.69) is 4.98 Å². The first-order valence-electron chi connectivity index (χ1n) is 6.09. The molecule has 6 nitrogen and oxygen atoms in total. The highest BCUT2D eigenvalue weighted by molar-refractivity contribution is 7.91. The van der Waals surface area contributed by atoms with Crippen LogP contribution in [-0.4, -0.2) is 42.4 Å². The van der Waals surface area contributed by atoms with Gasteiger partial charge in [0, 0.05) is 37.3 Å². The summed E-state index contributed by atoms with van der Waals surface area (Å²) < 4.78 is 25.9. The lowest BCUT2D eigenvalue weighted by Gasteiger charge is -2.15. The Balaban J connectivity index is 2.09. The second-order valence-electron chi connectivity index (χ2n) is 4.36. The number of pyridine rings is 1. The van der Waals surface area contributed by atoms with E-state index in [0.29, 0.717) is 6.42 Å². The molecule has 2 aromatic heterocycles. The van der Waals surface area contributed by atoms with Gasteiger partial charge in [0.1, 0.15) is 4.21 Å². The average Bonchev–Trinajstić information content (AvgIpc) is 2.96. The second-order valence-corrected chi connectivity index (χ2v) is 7.54. The van der Waals surface area contributed by atoms with E-state index < -0.39 is 16.0 Å². The van der Waals surface area contributed by atoms with E-state index in [1.165, 1.54) is 22.8 Å². The number of rotatable bonds is 6. The number of carbonyl (C=O) groups is 1. The van der Waals surface area contributed by atoms with Crippen molar-refractivity contribution >= 4 is 27.3 Å². The summed E-state index contributed by atoms with van der Waals surface area (Å²) in [5.74, 6) is -1.14. The van der Waals surface area contributed by atoms with E-state index in [-0.39, 0.29) is 16.3 Å². The summed E-state index contributed by atoms with van der Waals surface area (Å²) in [7, 11) is -2.19. The fraction of sp³-hybridized carbons (Fsp3) is 0.231. The fourth-order valence-electron chi connectivity index (χ4n) is 1.66. The predicted octanol–water partition coefficient (Wildman–Crippen LogP) is 1.70. The minimum atomic E-state index is -3.66. The van der Waals surface area contributed by atoms with Crippen molar-refractivity contribution in [2.45, 2.75) is 10.6 Å². The van der Waals surface area contributed by atoms with Crippen LogP contribution in [-0.2, 0) is 16.4 Å². The summed E-state index contributed by atoms with van der Waals surface area (Å²) >= 11 is 0.909. The van der Waals surface area contributed by atoms with Gasteiger partial charge in [0.15, 0.2) is 0 Å². The van der Waals surface area contributed by atoms with Crippen LogP contribution in [0.5, 0.6) is 0 Å². The van der Waals surface area contributed by atoms with Gasteiger partial charge in [-0.05, 0) is 18.2 Å². The Labute approximate surface area is 126 Å². The van der Waals surface area contributed by atoms with E-state index in [1.54, 1.807) is 12.3 Å². The molecule has 0 amide bonds. The number of sulfonamides is 1. The molecule has 21 heavy (non-hydrogen) atoms. The SMILES string of the molecule is CN(CCc1ccccn1)S(=O)(=O)c1cc(C(=O)O)cs1. The maximum atomic E-state index is 12.3. The number of thiophene rings is 1. The number of hydrogen-bond acceptors (Lipinski definition) is 5. The molecule has 0 unspecified atom stereocenters. The largest absolute Gasteiger partial charge is 0.478 e. The van der Waals surface area contributed by atoms with Gasteiger partial charge in [0.05, 0.1) is 5.56 Å². The molecule has 0 saturated carbocycles. The Morgan fingerprint density at radius 3 is 2.76 bits per heavy atom. The van der Waals surface area contributed by atoms with Gasteiger partial charge in [-0.25, -0.2) is 13.2 Å². The standard InChI is InChI=1S/C13H14N2O4S2/c1-15(7-5-11-4-2-3-6-14-11)21(18,19)12-8-10(9-20-12)13(16)17/h2-4,6,8-9H,5,7H2,1H3,(H,16,17). The number of aromatic nitrogens is 1. The van der Waals surface area contributed by atoms with Crippen molar-refractivity contribution in [2.75, 3.05) is 13.6 Å². The zero-order valence-electron chi connectivity index (χ0n) is 11.3. The first-order valence-corrected chi connectivity index (χ1v) is 8.41. The van der Waals surface area contributed by atoms with Gasteiger partial charge < -0.3 is 5.11 Å². The molecule has 2 aromatic rings. The van der Waals surface area contributed by atoms with E-state index in [9.17, 15) is 13.2 Å². The molecule has 0 aliphatic heterocycles. The second kappa shape index (κ2) is 6.33. The highest BCUT2D eigenvalue weighted by Crippen LogP contribution is 2.23. The molecule has 0 saturated heterocycles. The molecule has 2 rings (SSSR count). The normalized spacial score (nSPS) is 11.7. The van der Waals surface area contributed by atoms with Crippen molar-refractivity contribution in [3.8, 4) is 0 Å². The van der Waals surface area contributed by atoms with Gasteiger partial charge in [-0.15, -0.1) is 11.3 Å². The predicted molar refractivity (Wildman–Crippen MR) is 79.0 cm³/mol. The summed E-state index contributed by atoms with van der Waals surface area (Å²) in [6, 6.07) is 6.64. The molecule has 0 aliphatic rings. The average molecular weight is 326 g/mol. The number of likely N-dealkylation sites (N-methyl/N-ethyl adjacent to an activating group) is 1. The Morgan fingerprint density at radius 1 is 1.43 bits per heavy atom. The molecule has 112 valence electrons. The van der Waals surface area contributed by atoms with Crippen LogP contribution >= 0.6 is 11.3 Å². The quantitative estimate of drug-likeness (QED) is 0.873. The van der Waals surface area contributed by atoms with Gasteiger partial charge in [-0.3, -0.25) is 4.98 Å². The number of nitrogens with zero attached hydrogens (tertiary/aromatic N) is 2. The summed E-state index contributed by atoms with van der Waals surface area (Å²) in [6.45, 7) is 0.277. The topological polar surface area (TPSA) is 87.6 Å². The third-order valence-electron chi connectivity index (χ3n) is 2.90. The zero-order valence-corrected chi connectivity index (χ0v) is 12.9. The lowest BCUT2D eigenvalue weighted by molar-refractivity contribution is 0.0697. The minimum Gasteiger partial charge on any atom is -0.478 e. The molecule has 0 bridgehead atoms. The molecule has 0 aromatic carbocycles. The summed E-state index contributed by atoms with van der Waals surface area (Å²) in [4.78, 5) is 14.9. The first kappa shape index (κ1) is 15.6. The van der Waals surface area contributed by atoms with Gasteiger partial charge in [-0.2, -0.15) is 4.31 Å². The van der Waals surface area contributed by atoms with E-state index in [1.807, 2.05) is 12.1 Å². The molecule has 0 aliphatic carbocycles. The van der Waals surface area contributed by atoms with Crippen molar-refractivity contribution < 1.29 is 18.3 Å². The Bertz CT molecular complexity index is 726. The Morgan fingerprint density at radius 2 is 2.19 bits per heavy atom. The van der Waals surface area contributed by atoms with Crippen LogP contribution in [0.1, 0.15) is 16.1 Å². The van der Waals surface area contributed by atoms with Crippen LogP contribution in [0.2, 0.25) is 0 Å².